The van der Waals surface area contributed by atoms with Crippen LogP contribution in [0.3, 0.4) is 0 Å². The van der Waals surface area contributed by atoms with Gasteiger partial charge in [-0.15, -0.1) is 11.8 Å². The first-order chi connectivity index (χ1) is 7.52. The van der Waals surface area contributed by atoms with Crippen LogP contribution in [0.4, 0.5) is 4.39 Å². The van der Waals surface area contributed by atoms with E-state index in [1.54, 1.807) is 19.1 Å². The van der Waals surface area contributed by atoms with E-state index in [4.69, 9.17) is 0 Å². The van der Waals surface area contributed by atoms with E-state index in [1.165, 1.54) is 17.8 Å². The summed E-state index contributed by atoms with van der Waals surface area (Å²) >= 11 is 1.45. The fraction of sp³-hybridized carbons (Fsp3) is 0.500. The molecule has 90 valence electrons. The number of nitrogens with zero attached hydrogens (tertiary/aromatic N) is 1. The van der Waals surface area contributed by atoms with Gasteiger partial charge in [-0.05, 0) is 32.6 Å². The zero-order valence-corrected chi connectivity index (χ0v) is 10.7. The predicted molar refractivity (Wildman–Crippen MR) is 66.3 cm³/mol. The molecule has 0 bridgehead atoms. The molecule has 0 aliphatic rings. The molecular weight excluding hydrogens is 225 g/mol. The van der Waals surface area contributed by atoms with E-state index in [-0.39, 0.29) is 5.82 Å². The third-order valence-electron chi connectivity index (χ3n) is 2.23. The standard InChI is InChI=1S/C12H18FNOS/c1-9(15)10-5-4-6-11(13)12(10)16-8-7-14(2)3/h4-6,9,15H,7-8H2,1-3H3. The van der Waals surface area contributed by atoms with Crippen molar-refractivity contribution in [2.45, 2.75) is 17.9 Å². The number of hydrogen-bond acceptors (Lipinski definition) is 3. The lowest BCUT2D eigenvalue weighted by molar-refractivity contribution is 0.195. The van der Waals surface area contributed by atoms with Gasteiger partial charge in [-0.3, -0.25) is 0 Å². The number of halogens is 1. The van der Waals surface area contributed by atoms with E-state index in [2.05, 4.69) is 4.90 Å². The van der Waals surface area contributed by atoms with Gasteiger partial charge in [0.05, 0.1) is 6.10 Å². The van der Waals surface area contributed by atoms with Gasteiger partial charge in [0.25, 0.3) is 0 Å². The Morgan fingerprint density at radius 3 is 2.69 bits per heavy atom. The molecule has 0 amide bonds. The number of benzene rings is 1. The van der Waals surface area contributed by atoms with Crippen LogP contribution in [0.15, 0.2) is 23.1 Å². The molecule has 1 aromatic carbocycles. The van der Waals surface area contributed by atoms with Crippen LogP contribution in [-0.2, 0) is 0 Å². The molecule has 16 heavy (non-hydrogen) atoms. The quantitative estimate of drug-likeness (QED) is 0.804. The topological polar surface area (TPSA) is 23.5 Å². The van der Waals surface area contributed by atoms with Crippen LogP contribution >= 0.6 is 11.8 Å². The Balaban J connectivity index is 2.76. The Hall–Kier alpha value is -0.580. The maximum Gasteiger partial charge on any atom is 0.137 e. The van der Waals surface area contributed by atoms with Gasteiger partial charge in [0, 0.05) is 17.2 Å². The normalized spacial score (nSPS) is 13.1. The second kappa shape index (κ2) is 6.23. The zero-order chi connectivity index (χ0) is 12.1. The summed E-state index contributed by atoms with van der Waals surface area (Å²) in [6.07, 6.45) is -0.627. The highest BCUT2D eigenvalue weighted by molar-refractivity contribution is 7.99. The fourth-order valence-electron chi connectivity index (χ4n) is 1.34. The number of rotatable bonds is 5. The monoisotopic (exact) mass is 243 g/mol. The minimum absolute atomic E-state index is 0.248. The first-order valence-electron chi connectivity index (χ1n) is 5.26. The number of aliphatic hydroxyl groups excluding tert-OH is 1. The van der Waals surface area contributed by atoms with E-state index >= 15 is 0 Å². The molecule has 0 fully saturated rings. The molecule has 1 aromatic rings. The highest BCUT2D eigenvalue weighted by Gasteiger charge is 2.12. The Morgan fingerprint density at radius 1 is 1.44 bits per heavy atom. The van der Waals surface area contributed by atoms with Crippen molar-refractivity contribution in [1.82, 2.24) is 4.90 Å². The molecule has 1 unspecified atom stereocenters. The molecular formula is C12H18FNOS. The van der Waals surface area contributed by atoms with Crippen molar-refractivity contribution < 1.29 is 9.50 Å². The van der Waals surface area contributed by atoms with E-state index in [0.717, 1.165) is 12.3 Å². The molecule has 0 saturated heterocycles. The van der Waals surface area contributed by atoms with Crippen molar-refractivity contribution >= 4 is 11.8 Å². The maximum absolute atomic E-state index is 13.6. The van der Waals surface area contributed by atoms with Crippen LogP contribution in [-0.4, -0.2) is 36.4 Å². The Labute approximate surface area is 100 Å². The van der Waals surface area contributed by atoms with Crippen molar-refractivity contribution in [2.24, 2.45) is 0 Å². The zero-order valence-electron chi connectivity index (χ0n) is 9.90. The maximum atomic E-state index is 13.6. The van der Waals surface area contributed by atoms with Crippen LogP contribution in [0.1, 0.15) is 18.6 Å². The van der Waals surface area contributed by atoms with Gasteiger partial charge in [0.1, 0.15) is 5.82 Å². The van der Waals surface area contributed by atoms with Crippen molar-refractivity contribution in [3.8, 4) is 0 Å². The molecule has 4 heteroatoms. The Kier molecular flexibility index (Phi) is 5.25. The number of hydrogen-bond donors (Lipinski definition) is 1. The SMILES string of the molecule is CC(O)c1cccc(F)c1SCCN(C)C. The number of aliphatic hydroxyl groups is 1. The molecule has 1 atom stereocenters. The first-order valence-corrected chi connectivity index (χ1v) is 6.25. The highest BCUT2D eigenvalue weighted by atomic mass is 32.2. The van der Waals surface area contributed by atoms with Gasteiger partial charge in [0.2, 0.25) is 0 Å². The molecule has 2 nitrogen and oxygen atoms in total. The lowest BCUT2D eigenvalue weighted by atomic mass is 10.1. The highest BCUT2D eigenvalue weighted by Crippen LogP contribution is 2.29. The second-order valence-corrected chi connectivity index (χ2v) is 5.09. The smallest absolute Gasteiger partial charge is 0.137 e. The molecule has 0 radical (unpaired) electrons. The van der Waals surface area contributed by atoms with Crippen molar-refractivity contribution in [2.75, 3.05) is 26.4 Å². The van der Waals surface area contributed by atoms with Crippen molar-refractivity contribution in [3.63, 3.8) is 0 Å². The third-order valence-corrected chi connectivity index (χ3v) is 3.34. The van der Waals surface area contributed by atoms with Gasteiger partial charge >= 0.3 is 0 Å². The minimum atomic E-state index is -0.627. The third kappa shape index (κ3) is 3.77. The van der Waals surface area contributed by atoms with Crippen LogP contribution in [0, 0.1) is 5.82 Å². The van der Waals surface area contributed by atoms with Crippen LogP contribution in [0.25, 0.3) is 0 Å². The van der Waals surface area contributed by atoms with Crippen LogP contribution in [0.5, 0.6) is 0 Å². The summed E-state index contributed by atoms with van der Waals surface area (Å²) in [5.41, 5.74) is 0.670. The van der Waals surface area contributed by atoms with Crippen LogP contribution in [0.2, 0.25) is 0 Å². The van der Waals surface area contributed by atoms with Gasteiger partial charge in [0.15, 0.2) is 0 Å². The van der Waals surface area contributed by atoms with Gasteiger partial charge in [-0.1, -0.05) is 12.1 Å². The number of thioether (sulfide) groups is 1. The molecule has 1 rings (SSSR count). The summed E-state index contributed by atoms with van der Waals surface area (Å²) < 4.78 is 13.6. The summed E-state index contributed by atoms with van der Waals surface area (Å²) in [7, 11) is 3.97. The summed E-state index contributed by atoms with van der Waals surface area (Å²) in [4.78, 5) is 2.62. The predicted octanol–water partition coefficient (Wildman–Crippen LogP) is 2.53. The molecule has 1 N–H and O–H groups in total. The van der Waals surface area contributed by atoms with E-state index in [9.17, 15) is 9.50 Å². The summed E-state index contributed by atoms with van der Waals surface area (Å²) in [5.74, 6) is 0.565. The van der Waals surface area contributed by atoms with Gasteiger partial charge in [-0.25, -0.2) is 4.39 Å². The van der Waals surface area contributed by atoms with E-state index < -0.39 is 6.10 Å². The average Bonchev–Trinajstić information content (AvgIpc) is 2.19. The van der Waals surface area contributed by atoms with Gasteiger partial charge in [-0.2, -0.15) is 0 Å². The second-order valence-electron chi connectivity index (χ2n) is 3.99. The summed E-state index contributed by atoms with van der Waals surface area (Å²) in [6.45, 7) is 2.54. The first kappa shape index (κ1) is 13.5. The Morgan fingerprint density at radius 2 is 2.12 bits per heavy atom. The molecule has 0 aliphatic carbocycles. The summed E-state index contributed by atoms with van der Waals surface area (Å²) in [6, 6.07) is 4.84. The van der Waals surface area contributed by atoms with E-state index in [0.29, 0.717) is 10.5 Å². The largest absolute Gasteiger partial charge is 0.389 e. The van der Waals surface area contributed by atoms with Crippen LogP contribution < -0.4 is 0 Å². The van der Waals surface area contributed by atoms with Crippen molar-refractivity contribution in [3.05, 3.63) is 29.6 Å². The fourth-order valence-corrected chi connectivity index (χ4v) is 2.61. The molecule has 0 saturated carbocycles. The molecule has 0 aromatic heterocycles. The lowest BCUT2D eigenvalue weighted by Crippen LogP contribution is -2.15. The molecule has 0 spiro atoms. The molecule has 0 aliphatic heterocycles. The van der Waals surface area contributed by atoms with E-state index in [1.807, 2.05) is 14.1 Å². The Bertz CT molecular complexity index is 342. The summed E-state index contributed by atoms with van der Waals surface area (Å²) in [5, 5.41) is 9.55. The van der Waals surface area contributed by atoms with Gasteiger partial charge < -0.3 is 10.0 Å². The minimum Gasteiger partial charge on any atom is -0.389 e. The van der Waals surface area contributed by atoms with Crippen molar-refractivity contribution in [1.29, 1.82) is 0 Å². The molecule has 0 heterocycles. The average molecular weight is 243 g/mol. The lowest BCUT2D eigenvalue weighted by Gasteiger charge is -2.14.